The maximum absolute atomic E-state index is 5.59. The van der Waals surface area contributed by atoms with Crippen molar-refractivity contribution in [3.05, 3.63) is 29.8 Å². The molecular formula is C13H19BrO3. The molecule has 0 aliphatic heterocycles. The lowest BCUT2D eigenvalue weighted by atomic mass is 10.2. The molecule has 0 heterocycles. The SMILES string of the molecule is COCCOCCCOc1ccc(CBr)cc1. The second kappa shape index (κ2) is 9.45. The Hall–Kier alpha value is -0.580. The first-order valence-corrected chi connectivity index (χ1v) is 6.83. The molecule has 0 saturated carbocycles. The zero-order valence-electron chi connectivity index (χ0n) is 10.2. The summed E-state index contributed by atoms with van der Waals surface area (Å²) in [5.41, 5.74) is 1.25. The summed E-state index contributed by atoms with van der Waals surface area (Å²) < 4.78 is 15.8. The quantitative estimate of drug-likeness (QED) is 0.518. The fraction of sp³-hybridized carbons (Fsp3) is 0.538. The van der Waals surface area contributed by atoms with Gasteiger partial charge < -0.3 is 14.2 Å². The minimum atomic E-state index is 0.648. The lowest BCUT2D eigenvalue weighted by molar-refractivity contribution is 0.0644. The molecule has 0 radical (unpaired) electrons. The molecule has 1 aromatic carbocycles. The monoisotopic (exact) mass is 302 g/mol. The molecule has 0 saturated heterocycles. The van der Waals surface area contributed by atoms with Crippen LogP contribution in [0.1, 0.15) is 12.0 Å². The molecule has 0 aromatic heterocycles. The highest BCUT2D eigenvalue weighted by atomic mass is 79.9. The van der Waals surface area contributed by atoms with E-state index in [9.17, 15) is 0 Å². The lowest BCUT2D eigenvalue weighted by Gasteiger charge is -2.07. The number of ether oxygens (including phenoxy) is 3. The van der Waals surface area contributed by atoms with Crippen LogP contribution in [0.25, 0.3) is 0 Å². The first kappa shape index (κ1) is 14.5. The van der Waals surface area contributed by atoms with Gasteiger partial charge in [-0.25, -0.2) is 0 Å². The van der Waals surface area contributed by atoms with Crippen LogP contribution in [0.2, 0.25) is 0 Å². The zero-order valence-corrected chi connectivity index (χ0v) is 11.7. The first-order chi connectivity index (χ1) is 8.36. The van der Waals surface area contributed by atoms with Crippen molar-refractivity contribution in [1.29, 1.82) is 0 Å². The average Bonchev–Trinajstić information content (AvgIpc) is 2.38. The normalized spacial score (nSPS) is 10.5. The Kier molecular flexibility index (Phi) is 8.05. The molecule has 96 valence electrons. The predicted octanol–water partition coefficient (Wildman–Crippen LogP) is 3.01. The summed E-state index contributed by atoms with van der Waals surface area (Å²) in [4.78, 5) is 0. The van der Waals surface area contributed by atoms with Gasteiger partial charge in [-0.15, -0.1) is 0 Å². The number of benzene rings is 1. The van der Waals surface area contributed by atoms with Gasteiger partial charge in [0.25, 0.3) is 0 Å². The third-order valence-electron chi connectivity index (χ3n) is 2.21. The van der Waals surface area contributed by atoms with Crippen LogP contribution in [-0.4, -0.2) is 33.5 Å². The summed E-state index contributed by atoms with van der Waals surface area (Å²) >= 11 is 3.41. The minimum absolute atomic E-state index is 0.648. The fourth-order valence-electron chi connectivity index (χ4n) is 1.27. The van der Waals surface area contributed by atoms with Crippen LogP contribution in [0.5, 0.6) is 5.75 Å². The summed E-state index contributed by atoms with van der Waals surface area (Å²) in [5.74, 6) is 0.909. The van der Waals surface area contributed by atoms with Crippen molar-refractivity contribution in [1.82, 2.24) is 0 Å². The maximum atomic E-state index is 5.59. The third-order valence-corrected chi connectivity index (χ3v) is 2.86. The van der Waals surface area contributed by atoms with Crippen molar-refractivity contribution in [3.8, 4) is 5.75 Å². The van der Waals surface area contributed by atoms with E-state index in [0.29, 0.717) is 26.4 Å². The molecule has 1 aromatic rings. The van der Waals surface area contributed by atoms with E-state index in [0.717, 1.165) is 17.5 Å². The topological polar surface area (TPSA) is 27.7 Å². The Balaban J connectivity index is 2.05. The van der Waals surface area contributed by atoms with Gasteiger partial charge in [0.1, 0.15) is 5.75 Å². The van der Waals surface area contributed by atoms with E-state index in [1.807, 2.05) is 12.1 Å². The standard InChI is InChI=1S/C13H19BrO3/c1-15-9-10-16-7-2-8-17-13-5-3-12(11-14)4-6-13/h3-6H,2,7-11H2,1H3. The fourth-order valence-corrected chi connectivity index (χ4v) is 1.64. The molecule has 0 aliphatic rings. The number of hydrogen-bond donors (Lipinski definition) is 0. The highest BCUT2D eigenvalue weighted by Gasteiger charge is 1.95. The van der Waals surface area contributed by atoms with E-state index in [4.69, 9.17) is 14.2 Å². The van der Waals surface area contributed by atoms with E-state index in [2.05, 4.69) is 28.1 Å². The molecular weight excluding hydrogens is 284 g/mol. The van der Waals surface area contributed by atoms with Gasteiger partial charge in [0.2, 0.25) is 0 Å². The molecule has 0 spiro atoms. The third kappa shape index (κ3) is 6.66. The molecule has 0 atom stereocenters. The summed E-state index contributed by atoms with van der Waals surface area (Å²) in [5, 5.41) is 0.876. The highest BCUT2D eigenvalue weighted by Crippen LogP contribution is 2.14. The number of halogens is 1. The van der Waals surface area contributed by atoms with Crippen molar-refractivity contribution in [3.63, 3.8) is 0 Å². The van der Waals surface area contributed by atoms with Gasteiger partial charge in [-0.05, 0) is 17.7 Å². The van der Waals surface area contributed by atoms with Crippen molar-refractivity contribution in [2.24, 2.45) is 0 Å². The lowest BCUT2D eigenvalue weighted by Crippen LogP contribution is -2.06. The van der Waals surface area contributed by atoms with Crippen LogP contribution >= 0.6 is 15.9 Å². The van der Waals surface area contributed by atoms with Gasteiger partial charge in [-0.3, -0.25) is 0 Å². The van der Waals surface area contributed by atoms with Crippen LogP contribution in [0.4, 0.5) is 0 Å². The van der Waals surface area contributed by atoms with Crippen molar-refractivity contribution >= 4 is 15.9 Å². The van der Waals surface area contributed by atoms with Crippen molar-refractivity contribution in [2.45, 2.75) is 11.8 Å². The Morgan fingerprint density at radius 2 is 1.76 bits per heavy atom. The van der Waals surface area contributed by atoms with Gasteiger partial charge in [0, 0.05) is 25.5 Å². The van der Waals surface area contributed by atoms with E-state index in [1.54, 1.807) is 7.11 Å². The Morgan fingerprint density at radius 1 is 1.00 bits per heavy atom. The second-order valence-electron chi connectivity index (χ2n) is 3.58. The summed E-state index contributed by atoms with van der Waals surface area (Å²) in [6, 6.07) is 8.09. The summed E-state index contributed by atoms with van der Waals surface area (Å²) in [7, 11) is 1.67. The van der Waals surface area contributed by atoms with Crippen LogP contribution in [-0.2, 0) is 14.8 Å². The van der Waals surface area contributed by atoms with Crippen LogP contribution in [0.3, 0.4) is 0 Å². The van der Waals surface area contributed by atoms with Gasteiger partial charge >= 0.3 is 0 Å². The predicted molar refractivity (Wildman–Crippen MR) is 71.9 cm³/mol. The van der Waals surface area contributed by atoms with Gasteiger partial charge in [-0.2, -0.15) is 0 Å². The van der Waals surface area contributed by atoms with Gasteiger partial charge in [-0.1, -0.05) is 28.1 Å². The van der Waals surface area contributed by atoms with Crippen molar-refractivity contribution in [2.75, 3.05) is 33.5 Å². The number of alkyl halides is 1. The second-order valence-corrected chi connectivity index (χ2v) is 4.15. The van der Waals surface area contributed by atoms with E-state index in [-0.39, 0.29) is 0 Å². The number of methoxy groups -OCH3 is 1. The van der Waals surface area contributed by atoms with E-state index >= 15 is 0 Å². The molecule has 0 unspecified atom stereocenters. The zero-order chi connectivity index (χ0) is 12.3. The number of rotatable bonds is 9. The van der Waals surface area contributed by atoms with Gasteiger partial charge in [0.05, 0.1) is 19.8 Å². The molecule has 3 nitrogen and oxygen atoms in total. The Bertz CT molecular complexity index is 287. The van der Waals surface area contributed by atoms with Crippen LogP contribution in [0.15, 0.2) is 24.3 Å². The van der Waals surface area contributed by atoms with Gasteiger partial charge in [0.15, 0.2) is 0 Å². The van der Waals surface area contributed by atoms with E-state index in [1.165, 1.54) is 5.56 Å². The molecule has 4 heteroatoms. The molecule has 1 rings (SSSR count). The molecule has 0 N–H and O–H groups in total. The van der Waals surface area contributed by atoms with Crippen molar-refractivity contribution < 1.29 is 14.2 Å². The van der Waals surface area contributed by atoms with E-state index < -0.39 is 0 Å². The first-order valence-electron chi connectivity index (χ1n) is 5.71. The summed E-state index contributed by atoms with van der Waals surface area (Å²) in [6.07, 6.45) is 0.893. The summed E-state index contributed by atoms with van der Waals surface area (Å²) in [6.45, 7) is 2.69. The maximum Gasteiger partial charge on any atom is 0.119 e. The Labute approximate surface area is 111 Å². The molecule has 0 aliphatic carbocycles. The largest absolute Gasteiger partial charge is 0.494 e. The average molecular weight is 303 g/mol. The highest BCUT2D eigenvalue weighted by molar-refractivity contribution is 9.08. The molecule has 17 heavy (non-hydrogen) atoms. The Morgan fingerprint density at radius 3 is 2.41 bits per heavy atom. The van der Waals surface area contributed by atoms with Crippen LogP contribution < -0.4 is 4.74 Å². The van der Waals surface area contributed by atoms with Crippen LogP contribution in [0, 0.1) is 0 Å². The minimum Gasteiger partial charge on any atom is -0.494 e. The molecule has 0 fully saturated rings. The molecule has 0 amide bonds. The number of hydrogen-bond acceptors (Lipinski definition) is 3. The molecule has 0 bridgehead atoms. The smallest absolute Gasteiger partial charge is 0.119 e.